The van der Waals surface area contributed by atoms with Crippen molar-refractivity contribution in [1.29, 1.82) is 0 Å². The maximum atomic E-state index is 14.6. The summed E-state index contributed by atoms with van der Waals surface area (Å²) in [5, 5.41) is 4.02. The molecule has 0 heterocycles. The zero-order valence-electron chi connectivity index (χ0n) is 25.8. The molecular formula is C35H36Cl3N3O4S. The number of benzene rings is 4. The van der Waals surface area contributed by atoms with Crippen molar-refractivity contribution in [3.8, 4) is 0 Å². The summed E-state index contributed by atoms with van der Waals surface area (Å²) in [7, 11) is -4.26. The summed E-state index contributed by atoms with van der Waals surface area (Å²) in [6, 6.07) is 25.8. The molecule has 4 aromatic rings. The number of para-hydroxylation sites is 1. The summed E-state index contributed by atoms with van der Waals surface area (Å²) in [4.78, 5) is 29.9. The monoisotopic (exact) mass is 699 g/mol. The minimum atomic E-state index is -4.26. The lowest BCUT2D eigenvalue weighted by Gasteiger charge is -2.35. The second-order valence-corrected chi connectivity index (χ2v) is 14.1. The number of hydrogen-bond acceptors (Lipinski definition) is 4. The van der Waals surface area contributed by atoms with Crippen LogP contribution in [0.2, 0.25) is 15.1 Å². The molecule has 0 aliphatic heterocycles. The lowest BCUT2D eigenvalue weighted by atomic mass is 10.0. The molecule has 2 atom stereocenters. The van der Waals surface area contributed by atoms with Crippen LogP contribution in [0.15, 0.2) is 102 Å². The molecule has 46 heavy (non-hydrogen) atoms. The lowest BCUT2D eigenvalue weighted by Crippen LogP contribution is -2.54. The summed E-state index contributed by atoms with van der Waals surface area (Å²) in [5.74, 6) is -0.991. The van der Waals surface area contributed by atoms with E-state index in [0.29, 0.717) is 38.3 Å². The van der Waals surface area contributed by atoms with Gasteiger partial charge in [-0.1, -0.05) is 96.3 Å². The first kappa shape index (κ1) is 35.3. The van der Waals surface area contributed by atoms with Gasteiger partial charge in [0.15, 0.2) is 0 Å². The Bertz CT molecular complexity index is 1750. The second-order valence-electron chi connectivity index (χ2n) is 11.0. The smallest absolute Gasteiger partial charge is 0.264 e. The molecule has 0 aliphatic carbocycles. The molecule has 0 radical (unpaired) electrons. The number of nitrogens with one attached hydrogen (secondary N) is 1. The fourth-order valence-corrected chi connectivity index (χ4v) is 7.06. The van der Waals surface area contributed by atoms with Crippen LogP contribution >= 0.6 is 34.8 Å². The van der Waals surface area contributed by atoms with E-state index in [1.165, 1.54) is 29.2 Å². The van der Waals surface area contributed by atoms with Crippen molar-refractivity contribution in [2.24, 2.45) is 0 Å². The number of rotatable bonds is 13. The van der Waals surface area contributed by atoms with Gasteiger partial charge in [-0.05, 0) is 73.9 Å². The Kier molecular flexibility index (Phi) is 12.1. The molecule has 1 N–H and O–H groups in total. The van der Waals surface area contributed by atoms with E-state index in [-0.39, 0.29) is 29.8 Å². The van der Waals surface area contributed by atoms with Crippen LogP contribution in [-0.2, 0) is 32.6 Å². The zero-order valence-corrected chi connectivity index (χ0v) is 28.9. The molecule has 242 valence electrons. The molecule has 0 bridgehead atoms. The summed E-state index contributed by atoms with van der Waals surface area (Å²) >= 11 is 19.2. The number of aryl methyl sites for hydroxylation is 1. The third kappa shape index (κ3) is 8.62. The van der Waals surface area contributed by atoms with Crippen molar-refractivity contribution >= 4 is 62.3 Å². The highest BCUT2D eigenvalue weighted by molar-refractivity contribution is 7.92. The molecule has 7 nitrogen and oxygen atoms in total. The van der Waals surface area contributed by atoms with Gasteiger partial charge in [0.2, 0.25) is 11.8 Å². The van der Waals surface area contributed by atoms with Crippen LogP contribution < -0.4 is 9.62 Å². The number of hydrogen-bond donors (Lipinski definition) is 1. The Labute approximate surface area is 286 Å². The van der Waals surface area contributed by atoms with E-state index in [0.717, 1.165) is 9.87 Å². The number of sulfonamides is 1. The van der Waals surface area contributed by atoms with E-state index in [1.54, 1.807) is 49.4 Å². The number of amides is 2. The summed E-state index contributed by atoms with van der Waals surface area (Å²) in [6.45, 7) is 4.87. The van der Waals surface area contributed by atoms with Gasteiger partial charge in [-0.3, -0.25) is 13.9 Å². The highest BCUT2D eigenvalue weighted by Crippen LogP contribution is 2.30. The average molecular weight is 701 g/mol. The number of halogens is 3. The highest BCUT2D eigenvalue weighted by Gasteiger charge is 2.36. The van der Waals surface area contributed by atoms with Crippen LogP contribution in [0.4, 0.5) is 5.69 Å². The number of carbonyl (C=O) groups excluding carboxylic acids is 2. The first-order valence-corrected chi connectivity index (χ1v) is 17.4. The van der Waals surface area contributed by atoms with Gasteiger partial charge in [-0.15, -0.1) is 0 Å². The van der Waals surface area contributed by atoms with E-state index in [1.807, 2.05) is 44.2 Å². The standard InChI is InChI=1S/C35H36Cl3N3O4S/c1-4-25(3)39-35(43)33(21-26-12-6-5-7-13-26)40(22-29-30(37)14-10-15-31(29)38)34(42)23-41(32-16-9-8-11-24(32)2)46(44,45)28-19-17-27(36)18-20-28/h5-20,25,33H,4,21-23H2,1-3H3,(H,39,43)/t25-,33+/m0/s1. The van der Waals surface area contributed by atoms with Crippen LogP contribution in [0.3, 0.4) is 0 Å². The van der Waals surface area contributed by atoms with Crippen LogP contribution in [-0.4, -0.2) is 43.8 Å². The van der Waals surface area contributed by atoms with Crippen molar-refractivity contribution in [3.05, 3.63) is 129 Å². The number of carbonyl (C=O) groups is 2. The molecular weight excluding hydrogens is 665 g/mol. The van der Waals surface area contributed by atoms with Gasteiger partial charge < -0.3 is 10.2 Å². The van der Waals surface area contributed by atoms with Crippen molar-refractivity contribution in [2.75, 3.05) is 10.8 Å². The van der Waals surface area contributed by atoms with Crippen molar-refractivity contribution in [1.82, 2.24) is 10.2 Å². The Morgan fingerprint density at radius 2 is 1.43 bits per heavy atom. The minimum Gasteiger partial charge on any atom is -0.352 e. The van der Waals surface area contributed by atoms with Crippen LogP contribution in [0.1, 0.15) is 37.0 Å². The molecule has 0 saturated heterocycles. The normalized spacial score (nSPS) is 12.7. The predicted molar refractivity (Wildman–Crippen MR) is 186 cm³/mol. The maximum absolute atomic E-state index is 14.6. The molecule has 0 unspecified atom stereocenters. The van der Waals surface area contributed by atoms with E-state index in [2.05, 4.69) is 5.32 Å². The second kappa shape index (κ2) is 15.8. The molecule has 11 heteroatoms. The summed E-state index contributed by atoms with van der Waals surface area (Å²) < 4.78 is 29.5. The zero-order chi connectivity index (χ0) is 33.4. The molecule has 4 aromatic carbocycles. The molecule has 2 amide bonds. The van der Waals surface area contributed by atoms with Crippen LogP contribution in [0, 0.1) is 6.92 Å². The lowest BCUT2D eigenvalue weighted by molar-refractivity contribution is -0.140. The molecule has 0 saturated carbocycles. The van der Waals surface area contributed by atoms with Crippen molar-refractivity contribution < 1.29 is 18.0 Å². The first-order valence-electron chi connectivity index (χ1n) is 14.8. The van der Waals surface area contributed by atoms with Crippen LogP contribution in [0.5, 0.6) is 0 Å². The third-order valence-electron chi connectivity index (χ3n) is 7.73. The van der Waals surface area contributed by atoms with Gasteiger partial charge in [0.1, 0.15) is 12.6 Å². The van der Waals surface area contributed by atoms with E-state index >= 15 is 0 Å². The SMILES string of the molecule is CC[C@H](C)NC(=O)[C@@H](Cc1ccccc1)N(Cc1c(Cl)cccc1Cl)C(=O)CN(c1ccccc1C)S(=O)(=O)c1ccc(Cl)cc1. The first-order chi connectivity index (χ1) is 21.9. The molecule has 0 aliphatic rings. The van der Waals surface area contributed by atoms with Crippen molar-refractivity contribution in [2.45, 2.75) is 57.1 Å². The quantitative estimate of drug-likeness (QED) is 0.155. The highest BCUT2D eigenvalue weighted by atomic mass is 35.5. The fourth-order valence-electron chi connectivity index (χ4n) is 4.94. The summed E-state index contributed by atoms with van der Waals surface area (Å²) in [6.07, 6.45) is 0.847. The largest absolute Gasteiger partial charge is 0.352 e. The van der Waals surface area contributed by atoms with Crippen LogP contribution in [0.25, 0.3) is 0 Å². The Morgan fingerprint density at radius 1 is 0.826 bits per heavy atom. The average Bonchev–Trinajstić information content (AvgIpc) is 3.03. The van der Waals surface area contributed by atoms with Gasteiger partial charge in [0, 0.05) is 39.6 Å². The number of anilines is 1. The van der Waals surface area contributed by atoms with E-state index in [9.17, 15) is 18.0 Å². The summed E-state index contributed by atoms with van der Waals surface area (Å²) in [5.41, 5.74) is 2.23. The molecule has 4 rings (SSSR count). The van der Waals surface area contributed by atoms with Gasteiger partial charge in [0.05, 0.1) is 10.6 Å². The third-order valence-corrected chi connectivity index (χ3v) is 10.5. The number of nitrogens with zero attached hydrogens (tertiary/aromatic N) is 2. The Hall–Kier alpha value is -3.56. The van der Waals surface area contributed by atoms with Gasteiger partial charge in [-0.2, -0.15) is 0 Å². The Balaban J connectivity index is 1.85. The fraction of sp³-hybridized carbons (Fsp3) is 0.257. The molecule has 0 spiro atoms. The topological polar surface area (TPSA) is 86.8 Å². The van der Waals surface area contributed by atoms with Gasteiger partial charge >= 0.3 is 0 Å². The van der Waals surface area contributed by atoms with E-state index < -0.39 is 28.5 Å². The maximum Gasteiger partial charge on any atom is 0.264 e. The van der Waals surface area contributed by atoms with Crippen molar-refractivity contribution in [3.63, 3.8) is 0 Å². The Morgan fingerprint density at radius 3 is 2.04 bits per heavy atom. The van der Waals surface area contributed by atoms with Gasteiger partial charge in [-0.25, -0.2) is 8.42 Å². The minimum absolute atomic E-state index is 0.0380. The predicted octanol–water partition coefficient (Wildman–Crippen LogP) is 7.71. The van der Waals surface area contributed by atoms with Gasteiger partial charge in [0.25, 0.3) is 10.0 Å². The molecule has 0 fully saturated rings. The van der Waals surface area contributed by atoms with E-state index in [4.69, 9.17) is 34.8 Å². The molecule has 0 aromatic heterocycles.